The first kappa shape index (κ1) is 27.1. The van der Waals surface area contributed by atoms with Gasteiger partial charge < -0.3 is 0 Å². The van der Waals surface area contributed by atoms with Crippen LogP contribution in [0, 0.1) is 0 Å². The first-order chi connectivity index (χ1) is 17.9. The number of nitrogens with zero attached hydrogens (tertiary/aromatic N) is 6. The van der Waals surface area contributed by atoms with Crippen LogP contribution >= 0.6 is 0 Å². The molecule has 7 heteroatoms. The van der Waals surface area contributed by atoms with Gasteiger partial charge in [-0.15, -0.1) is 0 Å². The molecule has 0 unspecified atom stereocenters. The molecule has 0 bridgehead atoms. The molecule has 0 amide bonds. The number of hydrogen-bond acceptors (Lipinski definition) is 6. The van der Waals surface area contributed by atoms with Crippen LogP contribution < -0.4 is 0 Å². The normalized spacial score (nSPS) is 9.41. The molecule has 6 aromatic heterocycles. The molecule has 183 valence electrons. The zero-order chi connectivity index (χ0) is 24.7. The molecule has 6 rings (SSSR count). The summed E-state index contributed by atoms with van der Waals surface area (Å²) in [6, 6.07) is 34.8. The Morgan fingerprint density at radius 3 is 0.514 bits per heavy atom. The van der Waals surface area contributed by atoms with Crippen molar-refractivity contribution in [2.45, 2.75) is 0 Å². The molecule has 0 saturated heterocycles. The van der Waals surface area contributed by atoms with Gasteiger partial charge in [0.15, 0.2) is 0 Å². The van der Waals surface area contributed by atoms with E-state index >= 15 is 0 Å². The minimum absolute atomic E-state index is 0. The van der Waals surface area contributed by atoms with E-state index in [0.717, 1.165) is 34.2 Å². The van der Waals surface area contributed by atoms with Crippen molar-refractivity contribution in [2.24, 2.45) is 0 Å². The average molecular weight is 661 g/mol. The van der Waals surface area contributed by atoms with Crippen LogP contribution in [0.25, 0.3) is 34.2 Å². The van der Waals surface area contributed by atoms with Crippen LogP contribution in [0.1, 0.15) is 0 Å². The van der Waals surface area contributed by atoms with E-state index in [4.69, 9.17) is 0 Å². The molecule has 1 radical (unpaired) electrons. The van der Waals surface area contributed by atoms with E-state index in [1.807, 2.05) is 109 Å². The van der Waals surface area contributed by atoms with E-state index in [2.05, 4.69) is 29.9 Å². The predicted octanol–water partition coefficient (Wildman–Crippen LogP) is 6.43. The van der Waals surface area contributed by atoms with Gasteiger partial charge in [-0.2, -0.15) is 0 Å². The second kappa shape index (κ2) is 15.5. The Morgan fingerprint density at radius 2 is 0.405 bits per heavy atom. The fourth-order valence-electron chi connectivity index (χ4n) is 3.09. The van der Waals surface area contributed by atoms with Crippen molar-refractivity contribution >= 4 is 0 Å². The van der Waals surface area contributed by atoms with Crippen molar-refractivity contribution in [3.8, 4) is 34.2 Å². The monoisotopic (exact) mass is 661 g/mol. The smallest absolute Gasteiger partial charge is 0.0886 e. The fourth-order valence-corrected chi connectivity index (χ4v) is 3.09. The molecule has 0 atom stereocenters. The Hall–Kier alpha value is -4.45. The molecule has 0 saturated carbocycles. The van der Waals surface area contributed by atoms with Crippen LogP contribution in [-0.2, 0) is 20.1 Å². The van der Waals surface area contributed by atoms with Crippen LogP contribution in [0.3, 0.4) is 0 Å². The molecular formula is C30H24IrN6. The summed E-state index contributed by atoms with van der Waals surface area (Å²) in [4.78, 5) is 25.1. The van der Waals surface area contributed by atoms with Gasteiger partial charge in [0.25, 0.3) is 0 Å². The van der Waals surface area contributed by atoms with E-state index in [0.29, 0.717) is 0 Å². The molecule has 0 aliphatic carbocycles. The van der Waals surface area contributed by atoms with Crippen LogP contribution in [0.5, 0.6) is 0 Å². The first-order valence-corrected chi connectivity index (χ1v) is 11.4. The third kappa shape index (κ3) is 8.93. The molecular weight excluding hydrogens is 637 g/mol. The maximum absolute atomic E-state index is 4.19. The summed E-state index contributed by atoms with van der Waals surface area (Å²) in [6.45, 7) is 0. The molecule has 0 aliphatic heterocycles. The van der Waals surface area contributed by atoms with Gasteiger partial charge in [-0.05, 0) is 72.8 Å². The van der Waals surface area contributed by atoms with Gasteiger partial charge in [0.2, 0.25) is 0 Å². The van der Waals surface area contributed by atoms with Crippen molar-refractivity contribution in [3.05, 3.63) is 146 Å². The van der Waals surface area contributed by atoms with Gasteiger partial charge in [-0.3, -0.25) is 29.9 Å². The maximum Gasteiger partial charge on any atom is 0.0886 e. The van der Waals surface area contributed by atoms with Gasteiger partial charge in [0.1, 0.15) is 0 Å². The summed E-state index contributed by atoms with van der Waals surface area (Å²) in [7, 11) is 0. The third-order valence-corrected chi connectivity index (χ3v) is 4.78. The summed E-state index contributed by atoms with van der Waals surface area (Å²) in [6.07, 6.45) is 10.6. The average Bonchev–Trinajstić information content (AvgIpc) is 3.01. The second-order valence-corrected chi connectivity index (χ2v) is 7.29. The summed E-state index contributed by atoms with van der Waals surface area (Å²) >= 11 is 0. The molecule has 0 aliphatic rings. The maximum atomic E-state index is 4.19. The van der Waals surface area contributed by atoms with Gasteiger partial charge in [-0.1, -0.05) is 36.4 Å². The largest absolute Gasteiger partial charge is 0.255 e. The minimum Gasteiger partial charge on any atom is -0.255 e. The van der Waals surface area contributed by atoms with Gasteiger partial charge >= 0.3 is 0 Å². The van der Waals surface area contributed by atoms with Crippen LogP contribution in [-0.4, -0.2) is 29.9 Å². The van der Waals surface area contributed by atoms with E-state index in [1.165, 1.54) is 0 Å². The Labute approximate surface area is 230 Å². The first-order valence-electron chi connectivity index (χ1n) is 11.4. The summed E-state index contributed by atoms with van der Waals surface area (Å²) in [5.74, 6) is 0. The van der Waals surface area contributed by atoms with Gasteiger partial charge in [0.05, 0.1) is 34.2 Å². The van der Waals surface area contributed by atoms with E-state index in [-0.39, 0.29) is 20.1 Å². The molecule has 0 aromatic carbocycles. The molecule has 6 nitrogen and oxygen atoms in total. The number of pyridine rings is 6. The molecule has 0 N–H and O–H groups in total. The Bertz CT molecular complexity index is 1100. The minimum atomic E-state index is 0. The number of aromatic nitrogens is 6. The van der Waals surface area contributed by atoms with Crippen molar-refractivity contribution in [1.82, 2.24) is 29.9 Å². The van der Waals surface area contributed by atoms with Crippen LogP contribution in [0.4, 0.5) is 0 Å². The summed E-state index contributed by atoms with van der Waals surface area (Å²) in [5, 5.41) is 0. The van der Waals surface area contributed by atoms with Gasteiger partial charge in [-0.25, -0.2) is 0 Å². The fraction of sp³-hybridized carbons (Fsp3) is 0. The molecule has 6 aromatic rings. The quantitative estimate of drug-likeness (QED) is 0.218. The van der Waals surface area contributed by atoms with Crippen molar-refractivity contribution in [3.63, 3.8) is 0 Å². The molecule has 0 fully saturated rings. The zero-order valence-corrected chi connectivity index (χ0v) is 22.3. The Balaban J connectivity index is 0.000000152. The Morgan fingerprint density at radius 1 is 0.243 bits per heavy atom. The van der Waals surface area contributed by atoms with Crippen molar-refractivity contribution < 1.29 is 20.1 Å². The Kier molecular flexibility index (Phi) is 11.4. The SMILES string of the molecule is [Ir].c1ccc(-c2ccccn2)nc1.c1ccc(-c2ccccn2)nc1.c1ccc(-c2ccccn2)nc1. The molecule has 6 heterocycles. The van der Waals surface area contributed by atoms with Crippen LogP contribution in [0.15, 0.2) is 146 Å². The predicted molar refractivity (Wildman–Crippen MR) is 142 cm³/mol. The summed E-state index contributed by atoms with van der Waals surface area (Å²) < 4.78 is 0. The third-order valence-electron chi connectivity index (χ3n) is 4.78. The van der Waals surface area contributed by atoms with Crippen LogP contribution in [0.2, 0.25) is 0 Å². The molecule has 0 spiro atoms. The molecule has 37 heavy (non-hydrogen) atoms. The van der Waals surface area contributed by atoms with E-state index in [1.54, 1.807) is 37.2 Å². The van der Waals surface area contributed by atoms with E-state index < -0.39 is 0 Å². The van der Waals surface area contributed by atoms with Crippen molar-refractivity contribution in [1.29, 1.82) is 0 Å². The standard InChI is InChI=1S/3C10H8N2.Ir/c3*1-3-7-11-9(5-1)10-6-2-4-8-12-10;/h3*1-8H;. The van der Waals surface area contributed by atoms with Crippen molar-refractivity contribution in [2.75, 3.05) is 0 Å². The second-order valence-electron chi connectivity index (χ2n) is 7.29. The number of rotatable bonds is 3. The van der Waals surface area contributed by atoms with Gasteiger partial charge in [0, 0.05) is 57.3 Å². The van der Waals surface area contributed by atoms with E-state index in [9.17, 15) is 0 Å². The topological polar surface area (TPSA) is 77.3 Å². The number of hydrogen-bond donors (Lipinski definition) is 0. The summed E-state index contributed by atoms with van der Waals surface area (Å²) in [5.41, 5.74) is 5.49. The zero-order valence-electron chi connectivity index (χ0n) is 19.9.